The van der Waals surface area contributed by atoms with E-state index in [2.05, 4.69) is 39.4 Å². The van der Waals surface area contributed by atoms with Gasteiger partial charge in [0.1, 0.15) is 0 Å². The summed E-state index contributed by atoms with van der Waals surface area (Å²) < 4.78 is 1.81. The van der Waals surface area contributed by atoms with Crippen molar-refractivity contribution in [2.75, 3.05) is 18.8 Å². The summed E-state index contributed by atoms with van der Waals surface area (Å²) in [6.45, 7) is 4.65. The molecule has 0 bridgehead atoms. The summed E-state index contributed by atoms with van der Waals surface area (Å²) in [7, 11) is 1.92. The SMILES string of the molecule is CCNC(=NCc1cnn(C)c1)NCC1CCCS1.I. The van der Waals surface area contributed by atoms with Gasteiger partial charge in [0.2, 0.25) is 0 Å². The first kappa shape index (κ1) is 17.6. The topological polar surface area (TPSA) is 54.2 Å². The molecule has 0 saturated carbocycles. The van der Waals surface area contributed by atoms with E-state index in [-0.39, 0.29) is 24.0 Å². The number of nitrogens with zero attached hydrogens (tertiary/aromatic N) is 3. The van der Waals surface area contributed by atoms with Gasteiger partial charge < -0.3 is 10.6 Å². The highest BCUT2D eigenvalue weighted by Gasteiger charge is 2.15. The number of guanidine groups is 1. The van der Waals surface area contributed by atoms with E-state index in [1.807, 2.05) is 19.4 Å². The second kappa shape index (κ2) is 9.49. The predicted molar refractivity (Wildman–Crippen MR) is 96.9 cm³/mol. The largest absolute Gasteiger partial charge is 0.357 e. The molecule has 114 valence electrons. The fraction of sp³-hybridized carbons (Fsp3) is 0.692. The second-order valence-electron chi connectivity index (χ2n) is 4.73. The van der Waals surface area contributed by atoms with Gasteiger partial charge in [0, 0.05) is 37.1 Å². The van der Waals surface area contributed by atoms with E-state index < -0.39 is 0 Å². The Hall–Kier alpha value is -0.440. The van der Waals surface area contributed by atoms with Gasteiger partial charge in [0.15, 0.2) is 5.96 Å². The predicted octanol–water partition coefficient (Wildman–Crippen LogP) is 1.99. The zero-order valence-electron chi connectivity index (χ0n) is 12.1. The van der Waals surface area contributed by atoms with Crippen molar-refractivity contribution in [1.82, 2.24) is 20.4 Å². The highest BCUT2D eigenvalue weighted by molar-refractivity contribution is 14.0. The van der Waals surface area contributed by atoms with Gasteiger partial charge in [-0.3, -0.25) is 4.68 Å². The van der Waals surface area contributed by atoms with E-state index >= 15 is 0 Å². The van der Waals surface area contributed by atoms with Gasteiger partial charge in [-0.2, -0.15) is 16.9 Å². The molecule has 1 saturated heterocycles. The average Bonchev–Trinajstić information content (AvgIpc) is 3.04. The lowest BCUT2D eigenvalue weighted by molar-refractivity contribution is 0.727. The first-order valence-corrected chi connectivity index (χ1v) is 7.94. The molecule has 1 aromatic rings. The Labute approximate surface area is 142 Å². The van der Waals surface area contributed by atoms with Gasteiger partial charge in [0.25, 0.3) is 0 Å². The highest BCUT2D eigenvalue weighted by Crippen LogP contribution is 2.25. The molecular formula is C13H24IN5S. The van der Waals surface area contributed by atoms with Crippen LogP contribution in [-0.2, 0) is 13.6 Å². The van der Waals surface area contributed by atoms with E-state index in [1.54, 1.807) is 4.68 Å². The van der Waals surface area contributed by atoms with Crippen LogP contribution in [0.5, 0.6) is 0 Å². The maximum atomic E-state index is 4.59. The standard InChI is InChI=1S/C13H23N5S.HI/c1-3-14-13(16-9-12-5-4-6-19-12)15-7-11-8-17-18(2)10-11;/h8,10,12H,3-7,9H2,1-2H3,(H2,14,15,16);1H. The van der Waals surface area contributed by atoms with Crippen LogP contribution >= 0.6 is 35.7 Å². The third-order valence-corrected chi connectivity index (χ3v) is 4.44. The van der Waals surface area contributed by atoms with Crippen molar-refractivity contribution in [2.45, 2.75) is 31.6 Å². The smallest absolute Gasteiger partial charge is 0.191 e. The van der Waals surface area contributed by atoms with Crippen LogP contribution in [0.4, 0.5) is 0 Å². The molecule has 0 aliphatic carbocycles. The normalized spacial score (nSPS) is 18.7. The minimum Gasteiger partial charge on any atom is -0.357 e. The Morgan fingerprint density at radius 2 is 2.40 bits per heavy atom. The summed E-state index contributed by atoms with van der Waals surface area (Å²) >= 11 is 2.06. The van der Waals surface area contributed by atoms with Crippen LogP contribution in [0, 0.1) is 0 Å². The lowest BCUT2D eigenvalue weighted by Gasteiger charge is -2.14. The Balaban J connectivity index is 0.00000200. The molecule has 1 atom stereocenters. The van der Waals surface area contributed by atoms with E-state index in [4.69, 9.17) is 0 Å². The van der Waals surface area contributed by atoms with Gasteiger partial charge in [-0.1, -0.05) is 0 Å². The van der Waals surface area contributed by atoms with Crippen molar-refractivity contribution in [2.24, 2.45) is 12.0 Å². The zero-order valence-corrected chi connectivity index (χ0v) is 15.3. The molecule has 20 heavy (non-hydrogen) atoms. The van der Waals surface area contributed by atoms with E-state index in [0.717, 1.165) is 29.9 Å². The van der Waals surface area contributed by atoms with Crippen LogP contribution in [0.2, 0.25) is 0 Å². The van der Waals surface area contributed by atoms with Crippen LogP contribution in [0.25, 0.3) is 0 Å². The molecule has 0 amide bonds. The molecule has 0 radical (unpaired) electrons. The number of hydrogen-bond acceptors (Lipinski definition) is 3. The Bertz CT molecular complexity index is 415. The van der Waals surface area contributed by atoms with Crippen LogP contribution in [-0.4, -0.2) is 39.8 Å². The molecule has 7 heteroatoms. The van der Waals surface area contributed by atoms with Gasteiger partial charge in [-0.15, -0.1) is 24.0 Å². The van der Waals surface area contributed by atoms with E-state index in [0.29, 0.717) is 6.54 Å². The first-order chi connectivity index (χ1) is 9.28. The summed E-state index contributed by atoms with van der Waals surface area (Å²) in [5, 5.41) is 11.6. The number of halogens is 1. The summed E-state index contributed by atoms with van der Waals surface area (Å²) in [5.41, 5.74) is 1.13. The number of aliphatic imine (C=N–C) groups is 1. The van der Waals surface area contributed by atoms with Crippen molar-refractivity contribution < 1.29 is 0 Å². The van der Waals surface area contributed by atoms with Crippen molar-refractivity contribution in [3.63, 3.8) is 0 Å². The number of hydrogen-bond donors (Lipinski definition) is 2. The number of aryl methyl sites for hydroxylation is 1. The Kier molecular flexibility index (Phi) is 8.35. The summed E-state index contributed by atoms with van der Waals surface area (Å²) in [5.74, 6) is 2.20. The molecule has 0 aromatic carbocycles. The van der Waals surface area contributed by atoms with Gasteiger partial charge >= 0.3 is 0 Å². The van der Waals surface area contributed by atoms with Crippen molar-refractivity contribution >= 4 is 41.7 Å². The monoisotopic (exact) mass is 409 g/mol. The molecule has 1 aromatic heterocycles. The number of nitrogens with one attached hydrogen (secondary N) is 2. The lowest BCUT2D eigenvalue weighted by Crippen LogP contribution is -2.40. The molecule has 2 N–H and O–H groups in total. The quantitative estimate of drug-likeness (QED) is 0.444. The molecule has 2 rings (SSSR count). The molecule has 5 nitrogen and oxygen atoms in total. The number of rotatable bonds is 5. The van der Waals surface area contributed by atoms with Crippen LogP contribution in [0.3, 0.4) is 0 Å². The maximum Gasteiger partial charge on any atom is 0.191 e. The number of aromatic nitrogens is 2. The third-order valence-electron chi connectivity index (χ3n) is 3.04. The molecule has 0 spiro atoms. The third kappa shape index (κ3) is 5.90. The highest BCUT2D eigenvalue weighted by atomic mass is 127. The summed E-state index contributed by atoms with van der Waals surface area (Å²) in [4.78, 5) is 4.59. The van der Waals surface area contributed by atoms with Crippen LogP contribution in [0.1, 0.15) is 25.3 Å². The van der Waals surface area contributed by atoms with Crippen molar-refractivity contribution in [3.8, 4) is 0 Å². The van der Waals surface area contributed by atoms with Gasteiger partial charge in [-0.05, 0) is 25.5 Å². The fourth-order valence-electron chi connectivity index (χ4n) is 2.08. The summed E-state index contributed by atoms with van der Waals surface area (Å²) in [6, 6.07) is 0. The molecule has 1 fully saturated rings. The molecule has 1 aliphatic heterocycles. The van der Waals surface area contributed by atoms with Crippen molar-refractivity contribution in [1.29, 1.82) is 0 Å². The van der Waals surface area contributed by atoms with Gasteiger partial charge in [0.05, 0.1) is 12.7 Å². The Morgan fingerprint density at radius 3 is 3.00 bits per heavy atom. The van der Waals surface area contributed by atoms with E-state index in [9.17, 15) is 0 Å². The summed E-state index contributed by atoms with van der Waals surface area (Å²) in [6.07, 6.45) is 6.53. The maximum absolute atomic E-state index is 4.59. The molecular weight excluding hydrogens is 385 g/mol. The van der Waals surface area contributed by atoms with Crippen molar-refractivity contribution in [3.05, 3.63) is 18.0 Å². The van der Waals surface area contributed by atoms with Crippen LogP contribution < -0.4 is 10.6 Å². The molecule has 1 unspecified atom stereocenters. The second-order valence-corrected chi connectivity index (χ2v) is 6.14. The average molecular weight is 409 g/mol. The van der Waals surface area contributed by atoms with Gasteiger partial charge in [-0.25, -0.2) is 4.99 Å². The minimum atomic E-state index is 0. The first-order valence-electron chi connectivity index (χ1n) is 6.89. The molecule has 2 heterocycles. The number of thioether (sulfide) groups is 1. The molecule has 1 aliphatic rings. The van der Waals surface area contributed by atoms with Crippen LogP contribution in [0.15, 0.2) is 17.4 Å². The lowest BCUT2D eigenvalue weighted by atomic mass is 10.2. The fourth-order valence-corrected chi connectivity index (χ4v) is 3.28. The minimum absolute atomic E-state index is 0. The van der Waals surface area contributed by atoms with E-state index in [1.165, 1.54) is 18.6 Å². The zero-order chi connectivity index (χ0) is 13.5. The Morgan fingerprint density at radius 1 is 1.55 bits per heavy atom.